The van der Waals surface area contributed by atoms with E-state index in [2.05, 4.69) is 82.2 Å². The summed E-state index contributed by atoms with van der Waals surface area (Å²) in [7, 11) is 3.97. The lowest BCUT2D eigenvalue weighted by Gasteiger charge is -2.11. The van der Waals surface area contributed by atoms with E-state index in [4.69, 9.17) is 15.5 Å². The maximum atomic E-state index is 8.69. The fourth-order valence-corrected chi connectivity index (χ4v) is 5.94. The summed E-state index contributed by atoms with van der Waals surface area (Å²) in [5.74, 6) is 1.56. The number of aromatic nitrogens is 2. The molecule has 0 saturated heterocycles. The van der Waals surface area contributed by atoms with Gasteiger partial charge in [0.15, 0.2) is 5.84 Å². The number of nitrogens with one attached hydrogen (secondary N) is 2. The van der Waals surface area contributed by atoms with Crippen LogP contribution >= 0.6 is 0 Å². The summed E-state index contributed by atoms with van der Waals surface area (Å²) in [5.41, 5.74) is 16.6. The van der Waals surface area contributed by atoms with Crippen LogP contribution in [0.1, 0.15) is 145 Å². The predicted molar refractivity (Wildman–Crippen MR) is 214 cm³/mol. The second-order valence-corrected chi connectivity index (χ2v) is 10.6. The second-order valence-electron chi connectivity index (χ2n) is 10.6. The number of aryl methyl sites for hydroxylation is 2. The molecule has 0 unspecified atom stereocenters. The van der Waals surface area contributed by atoms with Crippen molar-refractivity contribution in [1.29, 1.82) is 0 Å². The van der Waals surface area contributed by atoms with Gasteiger partial charge in [-0.3, -0.25) is 0 Å². The molecule has 2 aliphatic carbocycles. The molecule has 8 nitrogen and oxygen atoms in total. The Bertz CT molecular complexity index is 1530. The van der Waals surface area contributed by atoms with Crippen LogP contribution in [-0.2, 0) is 19.3 Å². The van der Waals surface area contributed by atoms with Crippen LogP contribution in [0.4, 0.5) is 0 Å². The van der Waals surface area contributed by atoms with Crippen molar-refractivity contribution >= 4 is 5.84 Å². The number of benzene rings is 3. The largest absolute Gasteiger partial charge is 0.409 e. The van der Waals surface area contributed by atoms with Gasteiger partial charge in [-0.05, 0) is 92.6 Å². The van der Waals surface area contributed by atoms with Crippen molar-refractivity contribution in [2.75, 3.05) is 14.1 Å². The van der Waals surface area contributed by atoms with E-state index in [1.54, 1.807) is 0 Å². The van der Waals surface area contributed by atoms with Crippen LogP contribution in [0.15, 0.2) is 64.3 Å². The summed E-state index contributed by atoms with van der Waals surface area (Å²) in [6.45, 7) is 24.3. The van der Waals surface area contributed by atoms with Gasteiger partial charge in [-0.15, -0.1) is 0 Å². The van der Waals surface area contributed by atoms with Gasteiger partial charge in [0.1, 0.15) is 0 Å². The highest BCUT2D eigenvalue weighted by Crippen LogP contribution is 2.37. The topological polar surface area (TPSA) is 122 Å². The van der Waals surface area contributed by atoms with Gasteiger partial charge >= 0.3 is 0 Å². The Balaban J connectivity index is 0.000000824. The van der Waals surface area contributed by atoms with Gasteiger partial charge < -0.3 is 26.1 Å². The van der Waals surface area contributed by atoms with Crippen molar-refractivity contribution in [3.05, 3.63) is 105 Å². The van der Waals surface area contributed by atoms with E-state index in [0.29, 0.717) is 30.2 Å². The standard InChI is InChI=1S/C21H23N3O.C11H15N3O.5C2H6/c1-13-7-8-15(11-14(13)2)12-20-23-21(24-25-20)18-6-4-5-17-16(18)9-10-19(17)22-3;1-13-10-6-5-7-8(10)3-2-4-9(7)11(12)14-15;5*1-2/h4-8,11,19,22H,9-10,12H2,1-3H3;2-4,10,13,15H,5-6H2,1H3,(H2,12,14);5*1-2H3/t19-;10-;;;;;/m11...../s1. The minimum Gasteiger partial charge on any atom is -0.409 e. The molecule has 3 aromatic carbocycles. The van der Waals surface area contributed by atoms with Crippen LogP contribution in [0.25, 0.3) is 11.4 Å². The Morgan fingerprint density at radius 3 is 1.86 bits per heavy atom. The third-order valence-electron chi connectivity index (χ3n) is 8.26. The number of rotatable bonds is 6. The average Bonchev–Trinajstić information content (AvgIpc) is 3.95. The highest BCUT2D eigenvalue weighted by atomic mass is 16.5. The van der Waals surface area contributed by atoms with E-state index in [1.807, 2.05) is 95.5 Å². The van der Waals surface area contributed by atoms with Crippen molar-refractivity contribution in [3.8, 4) is 11.4 Å². The summed E-state index contributed by atoms with van der Waals surface area (Å²) in [6.07, 6.45) is 4.89. The predicted octanol–water partition coefficient (Wildman–Crippen LogP) is 10.3. The highest BCUT2D eigenvalue weighted by molar-refractivity contribution is 5.98. The van der Waals surface area contributed by atoms with E-state index in [1.165, 1.54) is 38.9 Å². The SMILES string of the molecule is CC.CC.CC.CC.CC.CN[C@@H]1CCc2c(-c3noc(Cc4ccc(C)c(C)c4)n3)cccc21.CN[C@@H]1CCc2c(C(N)=NO)cccc21. The van der Waals surface area contributed by atoms with Gasteiger partial charge in [0.2, 0.25) is 11.7 Å². The first-order chi connectivity index (χ1) is 24.4. The third kappa shape index (κ3) is 12.1. The summed E-state index contributed by atoms with van der Waals surface area (Å²) in [6, 6.07) is 19.6. The highest BCUT2D eigenvalue weighted by Gasteiger charge is 2.26. The number of oxime groups is 1. The Kier molecular flexibility index (Phi) is 23.8. The van der Waals surface area contributed by atoms with Crippen LogP contribution in [-0.4, -0.2) is 35.3 Å². The molecule has 0 fully saturated rings. The minimum atomic E-state index is 0.198. The lowest BCUT2D eigenvalue weighted by Crippen LogP contribution is -2.16. The molecule has 5 N–H and O–H groups in total. The van der Waals surface area contributed by atoms with Crippen LogP contribution in [0.3, 0.4) is 0 Å². The average molecular weight is 689 g/mol. The number of hydrogen-bond donors (Lipinski definition) is 4. The zero-order valence-electron chi connectivity index (χ0n) is 33.7. The molecule has 0 aliphatic heterocycles. The number of fused-ring (bicyclic) bond motifs is 2. The Hall–Kier alpha value is -4.01. The molecule has 0 saturated carbocycles. The third-order valence-corrected chi connectivity index (χ3v) is 8.26. The lowest BCUT2D eigenvalue weighted by atomic mass is 10.0. The van der Waals surface area contributed by atoms with Crippen molar-refractivity contribution < 1.29 is 9.73 Å². The van der Waals surface area contributed by atoms with Crippen molar-refractivity contribution in [2.45, 2.75) is 127 Å². The Morgan fingerprint density at radius 2 is 1.32 bits per heavy atom. The van der Waals surface area contributed by atoms with Gasteiger partial charge in [-0.1, -0.05) is 134 Å². The quantitative estimate of drug-likeness (QED) is 0.0688. The van der Waals surface area contributed by atoms with Crippen molar-refractivity contribution in [1.82, 2.24) is 20.8 Å². The summed E-state index contributed by atoms with van der Waals surface area (Å²) >= 11 is 0. The summed E-state index contributed by atoms with van der Waals surface area (Å²) in [4.78, 5) is 4.66. The normalized spacial score (nSPS) is 14.8. The van der Waals surface area contributed by atoms with Crippen LogP contribution in [0, 0.1) is 13.8 Å². The molecule has 50 heavy (non-hydrogen) atoms. The molecule has 6 rings (SSSR count). The maximum Gasteiger partial charge on any atom is 0.231 e. The first-order valence-electron chi connectivity index (χ1n) is 18.9. The minimum absolute atomic E-state index is 0.198. The van der Waals surface area contributed by atoms with Crippen LogP contribution in [0.2, 0.25) is 0 Å². The van der Waals surface area contributed by atoms with E-state index in [9.17, 15) is 0 Å². The van der Waals surface area contributed by atoms with E-state index >= 15 is 0 Å². The fourth-order valence-electron chi connectivity index (χ4n) is 5.94. The monoisotopic (exact) mass is 689 g/mol. The fraction of sp³-hybridized carbons (Fsp3) is 0.500. The summed E-state index contributed by atoms with van der Waals surface area (Å²) < 4.78 is 5.53. The molecular formula is C42H68N6O2. The van der Waals surface area contributed by atoms with Crippen LogP contribution < -0.4 is 16.4 Å². The smallest absolute Gasteiger partial charge is 0.231 e. The van der Waals surface area contributed by atoms with Crippen molar-refractivity contribution in [3.63, 3.8) is 0 Å². The molecule has 4 aromatic rings. The van der Waals surface area contributed by atoms with E-state index < -0.39 is 0 Å². The lowest BCUT2D eigenvalue weighted by molar-refractivity contribution is 0.318. The first kappa shape index (κ1) is 46.0. The van der Waals surface area contributed by atoms with Gasteiger partial charge in [0, 0.05) is 23.2 Å². The maximum absolute atomic E-state index is 8.69. The van der Waals surface area contributed by atoms with Gasteiger partial charge in [-0.25, -0.2) is 0 Å². The Labute approximate surface area is 304 Å². The van der Waals surface area contributed by atoms with E-state index in [-0.39, 0.29) is 5.84 Å². The number of hydrogen-bond acceptors (Lipinski definition) is 7. The van der Waals surface area contributed by atoms with E-state index in [0.717, 1.165) is 36.8 Å². The number of nitrogens with zero attached hydrogens (tertiary/aromatic N) is 3. The molecule has 8 heteroatoms. The number of amidine groups is 1. The molecule has 0 bridgehead atoms. The Morgan fingerprint density at radius 1 is 0.780 bits per heavy atom. The molecule has 278 valence electrons. The summed E-state index contributed by atoms with van der Waals surface area (Å²) in [5, 5.41) is 22.6. The second kappa shape index (κ2) is 25.9. The zero-order chi connectivity index (χ0) is 38.2. The molecule has 1 aromatic heterocycles. The molecule has 2 aliphatic rings. The molecule has 2 atom stereocenters. The molecule has 0 spiro atoms. The van der Waals surface area contributed by atoms with Gasteiger partial charge in [0.05, 0.1) is 6.42 Å². The van der Waals surface area contributed by atoms with Gasteiger partial charge in [0.25, 0.3) is 0 Å². The zero-order valence-corrected chi connectivity index (χ0v) is 33.7. The van der Waals surface area contributed by atoms with Gasteiger partial charge in [-0.2, -0.15) is 4.98 Å². The number of nitrogens with two attached hydrogens (primary N) is 1. The van der Waals surface area contributed by atoms with Crippen LogP contribution in [0.5, 0.6) is 0 Å². The molecule has 1 heterocycles. The van der Waals surface area contributed by atoms with Crippen molar-refractivity contribution in [2.24, 2.45) is 10.9 Å². The molecule has 0 amide bonds. The first-order valence-corrected chi connectivity index (χ1v) is 18.9. The molecular weight excluding hydrogens is 621 g/mol. The molecule has 0 radical (unpaired) electrons.